The maximum absolute atomic E-state index is 12.1. The lowest BCUT2D eigenvalue weighted by molar-refractivity contribution is 0.100. The van der Waals surface area contributed by atoms with Gasteiger partial charge in [-0.2, -0.15) is 0 Å². The summed E-state index contributed by atoms with van der Waals surface area (Å²) in [6.45, 7) is 0. The summed E-state index contributed by atoms with van der Waals surface area (Å²) in [4.78, 5) is 23.2. The van der Waals surface area contributed by atoms with Crippen LogP contribution in [-0.2, 0) is 5.88 Å². The monoisotopic (exact) mass is 294 g/mol. The molecule has 4 nitrogen and oxygen atoms in total. The minimum absolute atomic E-state index is 0.295. The number of benzene rings is 1. The zero-order chi connectivity index (χ0) is 13.8. The number of hydrogen-bond acceptors (Lipinski definition) is 3. The molecule has 0 aliphatic rings. The van der Waals surface area contributed by atoms with Gasteiger partial charge in [-0.15, -0.1) is 22.9 Å². The number of primary amides is 1. The van der Waals surface area contributed by atoms with Crippen molar-refractivity contribution in [3.63, 3.8) is 0 Å². The summed E-state index contributed by atoms with van der Waals surface area (Å²) in [6, 6.07) is 8.57. The number of hydrogen-bond donors (Lipinski definition) is 2. The molecule has 0 saturated carbocycles. The largest absolute Gasteiger partial charge is 0.366 e. The van der Waals surface area contributed by atoms with Crippen molar-refractivity contribution in [1.29, 1.82) is 0 Å². The standard InChI is InChI=1S/C13H11ClN2O2S/c14-7-8-2-1-3-9(6-8)12(18)16-13-10(11(15)17)4-5-19-13/h1-6H,7H2,(H2,15,17)(H,16,18). The first-order valence-electron chi connectivity index (χ1n) is 5.45. The predicted octanol–water partition coefficient (Wildman–Crippen LogP) is 2.84. The molecule has 6 heteroatoms. The summed E-state index contributed by atoms with van der Waals surface area (Å²) in [7, 11) is 0. The van der Waals surface area contributed by atoms with Crippen molar-refractivity contribution in [3.05, 3.63) is 52.4 Å². The number of rotatable bonds is 4. The highest BCUT2D eigenvalue weighted by molar-refractivity contribution is 7.14. The summed E-state index contributed by atoms with van der Waals surface area (Å²) in [5.41, 5.74) is 6.87. The molecule has 0 aliphatic heterocycles. The zero-order valence-electron chi connectivity index (χ0n) is 9.85. The Morgan fingerprint density at radius 2 is 2.11 bits per heavy atom. The van der Waals surface area contributed by atoms with Crippen LogP contribution in [-0.4, -0.2) is 11.8 Å². The molecule has 19 heavy (non-hydrogen) atoms. The number of carbonyl (C=O) groups is 2. The molecule has 0 radical (unpaired) electrons. The average Bonchev–Trinajstić information content (AvgIpc) is 2.87. The number of thiophene rings is 1. The number of nitrogens with two attached hydrogens (primary N) is 1. The van der Waals surface area contributed by atoms with Gasteiger partial charge >= 0.3 is 0 Å². The highest BCUT2D eigenvalue weighted by Gasteiger charge is 2.13. The topological polar surface area (TPSA) is 72.2 Å². The molecule has 1 aromatic heterocycles. The van der Waals surface area contributed by atoms with Gasteiger partial charge in [-0.05, 0) is 29.1 Å². The van der Waals surface area contributed by atoms with Crippen molar-refractivity contribution in [2.45, 2.75) is 5.88 Å². The molecule has 0 saturated heterocycles. The van der Waals surface area contributed by atoms with Crippen molar-refractivity contribution < 1.29 is 9.59 Å². The van der Waals surface area contributed by atoms with Crippen LogP contribution in [0.2, 0.25) is 0 Å². The Kier molecular flexibility index (Phi) is 4.19. The lowest BCUT2D eigenvalue weighted by Crippen LogP contribution is -2.16. The van der Waals surface area contributed by atoms with Crippen molar-refractivity contribution >= 4 is 39.8 Å². The van der Waals surface area contributed by atoms with Gasteiger partial charge in [-0.1, -0.05) is 12.1 Å². The second-order valence-electron chi connectivity index (χ2n) is 3.82. The lowest BCUT2D eigenvalue weighted by atomic mass is 10.1. The van der Waals surface area contributed by atoms with Crippen LogP contribution in [0.25, 0.3) is 0 Å². The van der Waals surface area contributed by atoms with E-state index < -0.39 is 5.91 Å². The summed E-state index contributed by atoms with van der Waals surface area (Å²) in [5.74, 6) is -0.518. The van der Waals surface area contributed by atoms with Crippen LogP contribution < -0.4 is 11.1 Å². The second kappa shape index (κ2) is 5.86. The van der Waals surface area contributed by atoms with Crippen LogP contribution in [0, 0.1) is 0 Å². The third kappa shape index (κ3) is 3.13. The average molecular weight is 295 g/mol. The van der Waals surface area contributed by atoms with Gasteiger partial charge in [0.25, 0.3) is 11.8 Å². The van der Waals surface area contributed by atoms with Crippen molar-refractivity contribution in [2.24, 2.45) is 5.73 Å². The first-order chi connectivity index (χ1) is 9.11. The van der Waals surface area contributed by atoms with E-state index in [4.69, 9.17) is 17.3 Å². The highest BCUT2D eigenvalue weighted by Crippen LogP contribution is 2.23. The van der Waals surface area contributed by atoms with Gasteiger partial charge in [0.2, 0.25) is 0 Å². The van der Waals surface area contributed by atoms with Gasteiger partial charge < -0.3 is 11.1 Å². The fourth-order valence-electron chi connectivity index (χ4n) is 1.57. The van der Waals surface area contributed by atoms with Crippen LogP contribution in [0.5, 0.6) is 0 Å². The number of anilines is 1. The van der Waals surface area contributed by atoms with E-state index in [1.165, 1.54) is 11.3 Å². The summed E-state index contributed by atoms with van der Waals surface area (Å²) in [6.07, 6.45) is 0. The molecule has 2 amide bonds. The Morgan fingerprint density at radius 1 is 1.32 bits per heavy atom. The van der Waals surface area contributed by atoms with E-state index in [2.05, 4.69) is 5.32 Å². The quantitative estimate of drug-likeness (QED) is 0.851. The van der Waals surface area contributed by atoms with E-state index in [9.17, 15) is 9.59 Å². The molecule has 98 valence electrons. The normalized spacial score (nSPS) is 10.2. The number of amides is 2. The molecule has 1 heterocycles. The molecule has 3 N–H and O–H groups in total. The third-order valence-electron chi connectivity index (χ3n) is 2.50. The SMILES string of the molecule is NC(=O)c1ccsc1NC(=O)c1cccc(CCl)c1. The molecule has 0 atom stereocenters. The van der Waals surface area contributed by atoms with Crippen LogP contribution in [0.4, 0.5) is 5.00 Å². The maximum Gasteiger partial charge on any atom is 0.256 e. The van der Waals surface area contributed by atoms with E-state index in [0.29, 0.717) is 22.0 Å². The molecule has 0 bridgehead atoms. The van der Waals surface area contributed by atoms with E-state index in [0.717, 1.165) is 5.56 Å². The van der Waals surface area contributed by atoms with E-state index >= 15 is 0 Å². The number of carbonyl (C=O) groups excluding carboxylic acids is 2. The third-order valence-corrected chi connectivity index (χ3v) is 3.64. The molecule has 0 unspecified atom stereocenters. The van der Waals surface area contributed by atoms with Crippen molar-refractivity contribution in [3.8, 4) is 0 Å². The Hall–Kier alpha value is -1.85. The van der Waals surface area contributed by atoms with E-state index in [-0.39, 0.29) is 5.91 Å². The minimum Gasteiger partial charge on any atom is -0.366 e. The van der Waals surface area contributed by atoms with Gasteiger partial charge in [-0.3, -0.25) is 9.59 Å². The number of alkyl halides is 1. The van der Waals surface area contributed by atoms with Crippen molar-refractivity contribution in [2.75, 3.05) is 5.32 Å². The molecule has 0 spiro atoms. The van der Waals surface area contributed by atoms with Crippen LogP contribution >= 0.6 is 22.9 Å². The molecule has 2 aromatic rings. The Balaban J connectivity index is 2.20. The molecule has 2 rings (SSSR count). The molecular formula is C13H11ClN2O2S. The molecule has 0 aliphatic carbocycles. The number of nitrogens with one attached hydrogen (secondary N) is 1. The van der Waals surface area contributed by atoms with Crippen LogP contribution in [0.3, 0.4) is 0 Å². The summed E-state index contributed by atoms with van der Waals surface area (Å²) >= 11 is 6.97. The Bertz CT molecular complexity index is 625. The fourth-order valence-corrected chi connectivity index (χ4v) is 2.52. The Morgan fingerprint density at radius 3 is 2.79 bits per heavy atom. The van der Waals surface area contributed by atoms with Crippen LogP contribution in [0.15, 0.2) is 35.7 Å². The van der Waals surface area contributed by atoms with Crippen molar-refractivity contribution in [1.82, 2.24) is 0 Å². The highest BCUT2D eigenvalue weighted by atomic mass is 35.5. The molecule has 0 fully saturated rings. The first kappa shape index (κ1) is 13.6. The fraction of sp³-hybridized carbons (Fsp3) is 0.0769. The van der Waals surface area contributed by atoms with Crippen LogP contribution in [0.1, 0.15) is 26.3 Å². The van der Waals surface area contributed by atoms with Gasteiger partial charge in [0.15, 0.2) is 0 Å². The van der Waals surface area contributed by atoms with Gasteiger partial charge in [-0.25, -0.2) is 0 Å². The lowest BCUT2D eigenvalue weighted by Gasteiger charge is -2.05. The Labute approximate surface area is 119 Å². The molecular weight excluding hydrogens is 284 g/mol. The van der Waals surface area contributed by atoms with Gasteiger partial charge in [0, 0.05) is 11.4 Å². The molecule has 1 aromatic carbocycles. The summed E-state index contributed by atoms with van der Waals surface area (Å²) in [5, 5.41) is 4.83. The summed E-state index contributed by atoms with van der Waals surface area (Å²) < 4.78 is 0. The van der Waals surface area contributed by atoms with Gasteiger partial charge in [0.05, 0.1) is 5.56 Å². The first-order valence-corrected chi connectivity index (χ1v) is 6.87. The maximum atomic E-state index is 12.1. The van der Waals surface area contributed by atoms with E-state index in [1.54, 1.807) is 29.6 Å². The predicted molar refractivity (Wildman–Crippen MR) is 76.8 cm³/mol. The number of halogens is 1. The van der Waals surface area contributed by atoms with E-state index in [1.807, 2.05) is 6.07 Å². The zero-order valence-corrected chi connectivity index (χ0v) is 11.4. The van der Waals surface area contributed by atoms with Gasteiger partial charge in [0.1, 0.15) is 5.00 Å². The smallest absolute Gasteiger partial charge is 0.256 e. The second-order valence-corrected chi connectivity index (χ2v) is 5.00. The minimum atomic E-state index is -0.564.